The normalized spacial score (nSPS) is 28.8. The van der Waals surface area contributed by atoms with Crippen LogP contribution in [0.15, 0.2) is 30.3 Å². The molecule has 3 atom stereocenters. The van der Waals surface area contributed by atoms with Gasteiger partial charge in [-0.05, 0) is 25.3 Å². The highest BCUT2D eigenvalue weighted by atomic mass is 19.1. The summed E-state index contributed by atoms with van der Waals surface area (Å²) in [7, 11) is 0. The largest absolute Gasteiger partial charge is 0.460 e. The number of imide groups is 1. The van der Waals surface area contributed by atoms with Gasteiger partial charge in [-0.15, -0.1) is 0 Å². The number of benzene rings is 1. The van der Waals surface area contributed by atoms with Crippen molar-refractivity contribution >= 4 is 18.0 Å². The molecule has 0 bridgehead atoms. The molecule has 0 N–H and O–H groups in total. The number of esters is 1. The smallest absolute Gasteiger partial charge is 0.417 e. The molecule has 2 amide bonds. The summed E-state index contributed by atoms with van der Waals surface area (Å²) in [6, 6.07) is 8.39. The molecule has 0 radical (unpaired) electrons. The first-order valence-corrected chi connectivity index (χ1v) is 9.04. The molecule has 1 heterocycles. The summed E-state index contributed by atoms with van der Waals surface area (Å²) in [4.78, 5) is 38.0. The molecular weight excluding hydrogens is 353 g/mol. The molecule has 1 aliphatic heterocycles. The highest BCUT2D eigenvalue weighted by Crippen LogP contribution is 2.51. The van der Waals surface area contributed by atoms with Gasteiger partial charge in [-0.25, -0.2) is 14.1 Å². The molecule has 3 rings (SSSR count). The van der Waals surface area contributed by atoms with E-state index in [1.54, 1.807) is 38.1 Å². The van der Waals surface area contributed by atoms with E-state index in [0.717, 1.165) is 10.5 Å². The molecule has 6 nitrogen and oxygen atoms in total. The van der Waals surface area contributed by atoms with E-state index in [-0.39, 0.29) is 18.9 Å². The third kappa shape index (κ3) is 3.42. The molecule has 0 aromatic heterocycles. The predicted octanol–water partition coefficient (Wildman–Crippen LogP) is 3.24. The number of halogens is 1. The fraction of sp³-hybridized carbons (Fsp3) is 0.550. The number of carbonyl (C=O) groups excluding carboxylic acids is 3. The molecule has 1 aliphatic carbocycles. The average molecular weight is 377 g/mol. The van der Waals surface area contributed by atoms with Crippen molar-refractivity contribution in [1.82, 2.24) is 4.90 Å². The lowest BCUT2D eigenvalue weighted by atomic mass is 9.88. The van der Waals surface area contributed by atoms with E-state index in [1.807, 2.05) is 19.9 Å². The van der Waals surface area contributed by atoms with E-state index in [2.05, 4.69) is 0 Å². The van der Waals surface area contributed by atoms with Gasteiger partial charge in [0, 0.05) is 6.42 Å². The van der Waals surface area contributed by atoms with Gasteiger partial charge in [0.05, 0.1) is 6.04 Å². The van der Waals surface area contributed by atoms with Gasteiger partial charge < -0.3 is 9.47 Å². The molecular formula is C20H24FNO5. The van der Waals surface area contributed by atoms with Crippen LogP contribution in [0.5, 0.6) is 0 Å². The van der Waals surface area contributed by atoms with E-state index < -0.39 is 41.2 Å². The van der Waals surface area contributed by atoms with Gasteiger partial charge in [-0.2, -0.15) is 0 Å². The summed E-state index contributed by atoms with van der Waals surface area (Å²) in [6.45, 7) is 7.04. The molecule has 1 aromatic rings. The van der Waals surface area contributed by atoms with Crippen LogP contribution in [0, 0.1) is 11.8 Å². The van der Waals surface area contributed by atoms with Crippen molar-refractivity contribution in [3.8, 4) is 0 Å². The Hall–Kier alpha value is -2.44. The minimum Gasteiger partial charge on any atom is -0.460 e. The average Bonchev–Trinajstić information content (AvgIpc) is 3.22. The summed E-state index contributed by atoms with van der Waals surface area (Å²) in [6.07, 6.45) is -1.15. The second-order valence-electron chi connectivity index (χ2n) is 8.05. The van der Waals surface area contributed by atoms with Crippen LogP contribution in [0.2, 0.25) is 0 Å². The van der Waals surface area contributed by atoms with Crippen molar-refractivity contribution in [3.63, 3.8) is 0 Å². The Morgan fingerprint density at radius 3 is 2.52 bits per heavy atom. The van der Waals surface area contributed by atoms with Crippen LogP contribution in [-0.2, 0) is 25.7 Å². The minimum atomic E-state index is -2.42. The number of hydrogen-bond acceptors (Lipinski definition) is 5. The Morgan fingerprint density at radius 1 is 1.30 bits per heavy atom. The summed E-state index contributed by atoms with van der Waals surface area (Å²) >= 11 is 0. The fourth-order valence-electron chi connectivity index (χ4n) is 3.84. The van der Waals surface area contributed by atoms with Crippen molar-refractivity contribution in [3.05, 3.63) is 35.9 Å². The van der Waals surface area contributed by atoms with Crippen LogP contribution in [0.1, 0.15) is 39.7 Å². The van der Waals surface area contributed by atoms with Crippen molar-refractivity contribution in [2.75, 3.05) is 0 Å². The van der Waals surface area contributed by atoms with E-state index in [1.165, 1.54) is 0 Å². The lowest BCUT2D eigenvalue weighted by molar-refractivity contribution is -0.151. The zero-order valence-electron chi connectivity index (χ0n) is 15.9. The van der Waals surface area contributed by atoms with E-state index in [9.17, 15) is 14.4 Å². The standard InChI is InChI=1S/C20H24FNO5/c1-12(2)15-19(3,4)27-18(25)22(15)17(24)20(21)10-14(20)16(23)26-11-13-8-6-5-7-9-13/h5-9,12,14-15H,10-11H2,1-4H3/t14-,15-,20-/m0/s1. The molecule has 1 aromatic carbocycles. The van der Waals surface area contributed by atoms with E-state index >= 15 is 4.39 Å². The third-order valence-electron chi connectivity index (χ3n) is 5.15. The highest BCUT2D eigenvalue weighted by molar-refractivity contribution is 6.04. The Kier molecular flexibility index (Phi) is 4.74. The number of ether oxygens (including phenoxy) is 2. The van der Waals surface area contributed by atoms with Crippen LogP contribution >= 0.6 is 0 Å². The number of hydrogen-bond donors (Lipinski definition) is 0. The number of nitrogens with zero attached hydrogens (tertiary/aromatic N) is 1. The van der Waals surface area contributed by atoms with Crippen LogP contribution < -0.4 is 0 Å². The Labute approximate surface area is 157 Å². The molecule has 0 spiro atoms. The number of carbonyl (C=O) groups is 3. The van der Waals surface area contributed by atoms with Gasteiger partial charge in [-0.1, -0.05) is 44.2 Å². The molecule has 1 saturated carbocycles. The van der Waals surface area contributed by atoms with E-state index in [0.29, 0.717) is 0 Å². The maximum absolute atomic E-state index is 15.1. The molecule has 1 saturated heterocycles. The predicted molar refractivity (Wildman–Crippen MR) is 94.2 cm³/mol. The van der Waals surface area contributed by atoms with Gasteiger partial charge in [-0.3, -0.25) is 9.59 Å². The monoisotopic (exact) mass is 377 g/mol. The first-order valence-electron chi connectivity index (χ1n) is 9.04. The third-order valence-corrected chi connectivity index (χ3v) is 5.15. The highest BCUT2D eigenvalue weighted by Gasteiger charge is 2.70. The number of cyclic esters (lactones) is 1. The molecule has 146 valence electrons. The molecule has 2 fully saturated rings. The van der Waals surface area contributed by atoms with Gasteiger partial charge in [0.15, 0.2) is 0 Å². The van der Waals surface area contributed by atoms with Gasteiger partial charge in [0.25, 0.3) is 5.91 Å². The van der Waals surface area contributed by atoms with Crippen LogP contribution in [-0.4, -0.2) is 40.2 Å². The number of amides is 2. The molecule has 0 unspecified atom stereocenters. The number of alkyl halides is 1. The topological polar surface area (TPSA) is 72.9 Å². The lowest BCUT2D eigenvalue weighted by Crippen LogP contribution is -2.51. The van der Waals surface area contributed by atoms with Crippen molar-refractivity contribution in [2.24, 2.45) is 11.8 Å². The second-order valence-corrected chi connectivity index (χ2v) is 8.05. The zero-order chi connectivity index (χ0) is 20.0. The van der Waals surface area contributed by atoms with Gasteiger partial charge >= 0.3 is 12.1 Å². The first-order chi connectivity index (χ1) is 12.6. The first kappa shape index (κ1) is 19.3. The summed E-state index contributed by atoms with van der Waals surface area (Å²) < 4.78 is 25.5. The SMILES string of the molecule is CC(C)[C@@H]1N(C(=O)[C@]2(F)C[C@H]2C(=O)OCc2ccccc2)C(=O)OC1(C)C. The Balaban J connectivity index is 1.68. The minimum absolute atomic E-state index is 0.00779. The second kappa shape index (κ2) is 6.62. The molecule has 2 aliphatic rings. The van der Waals surface area contributed by atoms with Crippen LogP contribution in [0.4, 0.5) is 9.18 Å². The molecule has 7 heteroatoms. The number of rotatable bonds is 5. The van der Waals surface area contributed by atoms with Crippen molar-refractivity contribution in [2.45, 2.75) is 58.0 Å². The lowest BCUT2D eigenvalue weighted by Gasteiger charge is -2.31. The summed E-state index contributed by atoms with van der Waals surface area (Å²) in [5.74, 6) is -3.11. The van der Waals surface area contributed by atoms with Gasteiger partial charge in [0.1, 0.15) is 18.1 Å². The van der Waals surface area contributed by atoms with E-state index in [4.69, 9.17) is 9.47 Å². The quantitative estimate of drug-likeness (QED) is 0.737. The van der Waals surface area contributed by atoms with Gasteiger partial charge in [0.2, 0.25) is 5.67 Å². The van der Waals surface area contributed by atoms with Crippen molar-refractivity contribution in [1.29, 1.82) is 0 Å². The Morgan fingerprint density at radius 2 is 1.93 bits per heavy atom. The fourth-order valence-corrected chi connectivity index (χ4v) is 3.84. The zero-order valence-corrected chi connectivity index (χ0v) is 15.9. The maximum atomic E-state index is 15.1. The summed E-state index contributed by atoms with van der Waals surface area (Å²) in [5.41, 5.74) is -2.57. The Bertz CT molecular complexity index is 763. The molecule has 27 heavy (non-hydrogen) atoms. The summed E-state index contributed by atoms with van der Waals surface area (Å²) in [5, 5.41) is 0. The van der Waals surface area contributed by atoms with Crippen LogP contribution in [0.25, 0.3) is 0 Å². The maximum Gasteiger partial charge on any atom is 0.417 e. The van der Waals surface area contributed by atoms with Crippen molar-refractivity contribution < 1.29 is 28.2 Å². The van der Waals surface area contributed by atoms with Crippen LogP contribution in [0.3, 0.4) is 0 Å².